The van der Waals surface area contributed by atoms with Crippen LogP contribution in [0.4, 0.5) is 17.1 Å². The first kappa shape index (κ1) is 37.7. The Balaban J connectivity index is 1.01. The number of hydrogen-bond donors (Lipinski definition) is 0. The van der Waals surface area contributed by atoms with Gasteiger partial charge in [0.05, 0.1) is 5.69 Å². The van der Waals surface area contributed by atoms with Crippen molar-refractivity contribution in [1.29, 1.82) is 0 Å². The van der Waals surface area contributed by atoms with E-state index < -0.39 is 0 Å². The largest absolute Gasteiger partial charge is 0.310 e. The van der Waals surface area contributed by atoms with Crippen molar-refractivity contribution in [3.63, 3.8) is 0 Å². The lowest BCUT2D eigenvalue weighted by molar-refractivity contribution is 1.31. The molecule has 0 N–H and O–H groups in total. The van der Waals surface area contributed by atoms with Crippen LogP contribution in [-0.2, 0) is 0 Å². The smallest absolute Gasteiger partial charge is 0.0555 e. The first-order chi connectivity index (χ1) is 32.2. The van der Waals surface area contributed by atoms with Gasteiger partial charge in [0.2, 0.25) is 0 Å². The highest BCUT2D eigenvalue weighted by atomic mass is 32.1. The summed E-state index contributed by atoms with van der Waals surface area (Å²) in [5.74, 6) is 0. The monoisotopic (exact) mass is 861 g/mol. The van der Waals surface area contributed by atoms with Gasteiger partial charge in [0, 0.05) is 51.7 Å². The second-order valence-corrected chi connectivity index (χ2v) is 19.0. The van der Waals surface area contributed by atoms with Crippen molar-refractivity contribution in [3.05, 3.63) is 237 Å². The average Bonchev–Trinajstić information content (AvgIpc) is 3.95. The zero-order valence-electron chi connectivity index (χ0n) is 35.3. The molecule has 65 heavy (non-hydrogen) atoms. The van der Waals surface area contributed by atoms with Crippen LogP contribution >= 0.6 is 22.7 Å². The highest BCUT2D eigenvalue weighted by Gasteiger charge is 2.22. The van der Waals surface area contributed by atoms with E-state index in [1.54, 1.807) is 0 Å². The van der Waals surface area contributed by atoms with E-state index in [4.69, 9.17) is 0 Å². The third-order valence-corrected chi connectivity index (χ3v) is 15.4. The molecule has 13 aromatic rings. The van der Waals surface area contributed by atoms with Crippen molar-refractivity contribution in [3.8, 4) is 44.5 Å². The molecular weight excluding hydrogens is 823 g/mol. The molecule has 0 spiro atoms. The normalized spacial score (nSPS) is 11.7. The van der Waals surface area contributed by atoms with Crippen LogP contribution in [-0.4, -0.2) is 0 Å². The Kier molecular flexibility index (Phi) is 8.97. The summed E-state index contributed by atoms with van der Waals surface area (Å²) in [5.41, 5.74) is 13.2. The Morgan fingerprint density at radius 3 is 1.48 bits per heavy atom. The molecule has 0 unspecified atom stereocenters. The number of rotatable bonds is 7. The maximum Gasteiger partial charge on any atom is 0.0555 e. The molecule has 0 fully saturated rings. The first-order valence-electron chi connectivity index (χ1n) is 22.1. The quantitative estimate of drug-likeness (QED) is 0.144. The summed E-state index contributed by atoms with van der Waals surface area (Å²) in [6, 6.07) is 87.2. The van der Waals surface area contributed by atoms with Gasteiger partial charge < -0.3 is 4.90 Å². The Hall–Kier alpha value is -7.82. The molecule has 0 atom stereocenters. The summed E-state index contributed by atoms with van der Waals surface area (Å²) >= 11 is 3.77. The highest BCUT2D eigenvalue weighted by molar-refractivity contribution is 7.26. The van der Waals surface area contributed by atoms with Crippen molar-refractivity contribution >= 4 is 102 Å². The molecule has 0 bridgehead atoms. The third kappa shape index (κ3) is 6.51. The summed E-state index contributed by atoms with van der Waals surface area (Å²) in [4.78, 5) is 2.49. The predicted molar refractivity (Wildman–Crippen MR) is 284 cm³/mol. The number of thiophene rings is 2. The average molecular weight is 862 g/mol. The first-order valence-corrected chi connectivity index (χ1v) is 23.8. The number of benzene rings is 11. The molecule has 0 amide bonds. The minimum atomic E-state index is 1.11. The standard InChI is InChI=1S/C62H39NS2/c1-4-12-40(13-5-1)47-26-31-53-54-33-30-50(39-60(54)64-58(53)37-47)63(49-28-24-42(25-29-49)46-23-22-45-21-20-44-18-10-11-19-51(44)56(45)36-46)57-35-34-52(43-16-8-3-9-17-43)62-61(57)55-32-27-48(38-59(55)65-62)41-14-6-2-7-15-41/h1-39H. The summed E-state index contributed by atoms with van der Waals surface area (Å²) in [7, 11) is 0. The van der Waals surface area contributed by atoms with Gasteiger partial charge in [0.15, 0.2) is 0 Å². The fourth-order valence-electron chi connectivity index (χ4n) is 9.83. The molecule has 0 aliphatic heterocycles. The molecule has 3 heteroatoms. The lowest BCUT2D eigenvalue weighted by Crippen LogP contribution is -2.10. The minimum Gasteiger partial charge on any atom is -0.310 e. The van der Waals surface area contributed by atoms with Crippen molar-refractivity contribution in [1.82, 2.24) is 0 Å². The lowest BCUT2D eigenvalue weighted by Gasteiger charge is -2.27. The van der Waals surface area contributed by atoms with E-state index in [9.17, 15) is 0 Å². The van der Waals surface area contributed by atoms with Crippen molar-refractivity contribution in [2.75, 3.05) is 4.90 Å². The summed E-state index contributed by atoms with van der Waals surface area (Å²) in [5, 5.41) is 10.2. The van der Waals surface area contributed by atoms with Crippen LogP contribution in [0.1, 0.15) is 0 Å². The van der Waals surface area contributed by atoms with Crippen molar-refractivity contribution < 1.29 is 0 Å². The Morgan fingerprint density at radius 1 is 0.277 bits per heavy atom. The van der Waals surface area contributed by atoms with E-state index in [-0.39, 0.29) is 0 Å². The molecular formula is C62H39NS2. The summed E-state index contributed by atoms with van der Waals surface area (Å²) in [6.07, 6.45) is 0. The lowest BCUT2D eigenvalue weighted by atomic mass is 9.97. The van der Waals surface area contributed by atoms with Crippen molar-refractivity contribution in [2.24, 2.45) is 0 Å². The Bertz CT molecular complexity index is 3920. The van der Waals surface area contributed by atoms with E-state index in [1.807, 2.05) is 22.7 Å². The number of hydrogen-bond acceptors (Lipinski definition) is 3. The zero-order valence-corrected chi connectivity index (χ0v) is 36.9. The van der Waals surface area contributed by atoms with Gasteiger partial charge in [-0.05, 0) is 115 Å². The van der Waals surface area contributed by atoms with Crippen LogP contribution in [0.2, 0.25) is 0 Å². The molecule has 0 saturated heterocycles. The summed E-state index contributed by atoms with van der Waals surface area (Å²) in [6.45, 7) is 0. The van der Waals surface area contributed by atoms with Crippen LogP contribution in [0.25, 0.3) is 106 Å². The maximum absolute atomic E-state index is 2.49. The number of fused-ring (bicyclic) bond motifs is 9. The molecule has 13 rings (SSSR count). The molecule has 0 aliphatic rings. The van der Waals surface area contributed by atoms with Crippen LogP contribution in [0, 0.1) is 0 Å². The Morgan fingerprint density at radius 2 is 0.769 bits per heavy atom. The van der Waals surface area contributed by atoms with E-state index in [1.165, 1.54) is 106 Å². The van der Waals surface area contributed by atoms with Gasteiger partial charge in [-0.1, -0.05) is 188 Å². The maximum atomic E-state index is 2.49. The zero-order chi connectivity index (χ0) is 42.8. The molecule has 0 saturated carbocycles. The number of nitrogens with zero attached hydrogens (tertiary/aromatic N) is 1. The van der Waals surface area contributed by atoms with Gasteiger partial charge in [0.1, 0.15) is 0 Å². The van der Waals surface area contributed by atoms with Crippen molar-refractivity contribution in [2.45, 2.75) is 0 Å². The van der Waals surface area contributed by atoms with E-state index in [0.29, 0.717) is 0 Å². The van der Waals surface area contributed by atoms with Crippen LogP contribution in [0.3, 0.4) is 0 Å². The van der Waals surface area contributed by atoms with Gasteiger partial charge in [-0.15, -0.1) is 22.7 Å². The molecule has 0 aliphatic carbocycles. The van der Waals surface area contributed by atoms with Crippen LogP contribution in [0.5, 0.6) is 0 Å². The minimum absolute atomic E-state index is 1.11. The molecule has 2 aromatic heterocycles. The van der Waals surface area contributed by atoms with Gasteiger partial charge >= 0.3 is 0 Å². The van der Waals surface area contributed by atoms with Crippen LogP contribution < -0.4 is 4.90 Å². The van der Waals surface area contributed by atoms with Crippen LogP contribution in [0.15, 0.2) is 237 Å². The fraction of sp³-hybridized carbons (Fsp3) is 0. The van der Waals surface area contributed by atoms with Gasteiger partial charge in [-0.25, -0.2) is 0 Å². The van der Waals surface area contributed by atoms with Gasteiger partial charge in [0.25, 0.3) is 0 Å². The number of anilines is 3. The van der Waals surface area contributed by atoms with E-state index in [2.05, 4.69) is 241 Å². The van der Waals surface area contributed by atoms with E-state index >= 15 is 0 Å². The topological polar surface area (TPSA) is 3.24 Å². The second kappa shape index (κ2) is 15.5. The third-order valence-electron chi connectivity index (χ3n) is 13.1. The second-order valence-electron chi connectivity index (χ2n) is 16.8. The fourth-order valence-corrected chi connectivity index (χ4v) is 12.3. The molecule has 11 aromatic carbocycles. The molecule has 2 heterocycles. The molecule has 1 nitrogen and oxygen atoms in total. The van der Waals surface area contributed by atoms with Gasteiger partial charge in [-0.2, -0.15) is 0 Å². The molecule has 0 radical (unpaired) electrons. The predicted octanol–water partition coefficient (Wildman–Crippen LogP) is 18.9. The molecule has 304 valence electrons. The van der Waals surface area contributed by atoms with Gasteiger partial charge in [-0.3, -0.25) is 0 Å². The summed E-state index contributed by atoms with van der Waals surface area (Å²) < 4.78 is 5.13. The highest BCUT2D eigenvalue weighted by Crippen LogP contribution is 2.50. The Labute approximate surface area is 385 Å². The van der Waals surface area contributed by atoms with E-state index in [0.717, 1.165) is 17.1 Å². The SMILES string of the molecule is c1ccc(-c2ccc3c(c2)sc2cc(N(c4ccc(-c5ccc6ccc7ccccc7c6c5)cc4)c4ccc(-c5ccccc5)c5sc6cc(-c7ccccc7)ccc6c45)ccc23)cc1.